The molecule has 6 N–H and O–H groups in total. The number of rotatable bonds is 7. The van der Waals surface area contributed by atoms with E-state index in [-0.39, 0.29) is 12.2 Å². The maximum atomic E-state index is 12.4. The molecule has 2 aromatic rings. The minimum Gasteiger partial charge on any atom is -0.462 e. The van der Waals surface area contributed by atoms with E-state index < -0.39 is 17.9 Å². The maximum absolute atomic E-state index is 12.4. The number of carbonyl (C=O) groups is 3. The highest BCUT2D eigenvalue weighted by molar-refractivity contribution is 6.07. The Kier molecular flexibility index (Phi) is 6.75. The van der Waals surface area contributed by atoms with E-state index in [4.69, 9.17) is 16.2 Å². The second-order valence-corrected chi connectivity index (χ2v) is 6.11. The van der Waals surface area contributed by atoms with Gasteiger partial charge in [-0.2, -0.15) is 0 Å². The predicted molar refractivity (Wildman–Crippen MR) is 107 cm³/mol. The zero-order valence-corrected chi connectivity index (χ0v) is 15.5. The monoisotopic (exact) mass is 382 g/mol. The summed E-state index contributed by atoms with van der Waals surface area (Å²) >= 11 is 0. The first kappa shape index (κ1) is 20.5. The summed E-state index contributed by atoms with van der Waals surface area (Å²) in [5.74, 6) is -1.13. The van der Waals surface area contributed by atoms with Crippen LogP contribution >= 0.6 is 0 Å². The van der Waals surface area contributed by atoms with Crippen LogP contribution in [0.3, 0.4) is 0 Å². The van der Waals surface area contributed by atoms with Crippen molar-refractivity contribution in [2.75, 3.05) is 17.7 Å². The quantitative estimate of drug-likeness (QED) is 0.330. The summed E-state index contributed by atoms with van der Waals surface area (Å²) in [6.07, 6.45) is 0.387. The third-order valence-electron chi connectivity index (χ3n) is 3.73. The molecule has 0 aliphatic heterocycles. The molecule has 0 spiro atoms. The molecule has 0 radical (unpaired) electrons. The maximum Gasteiger partial charge on any atom is 0.333 e. The second kappa shape index (κ2) is 9.22. The fourth-order valence-corrected chi connectivity index (χ4v) is 2.33. The van der Waals surface area contributed by atoms with Gasteiger partial charge in [0, 0.05) is 23.4 Å². The van der Waals surface area contributed by atoms with Gasteiger partial charge < -0.3 is 21.5 Å². The molecule has 0 heterocycles. The average Bonchev–Trinajstić information content (AvgIpc) is 2.63. The Morgan fingerprint density at radius 3 is 2.39 bits per heavy atom. The van der Waals surface area contributed by atoms with Crippen molar-refractivity contribution < 1.29 is 19.1 Å². The minimum absolute atomic E-state index is 0.132. The van der Waals surface area contributed by atoms with Crippen molar-refractivity contribution in [1.29, 1.82) is 0 Å². The molecule has 3 amide bonds. The Morgan fingerprint density at radius 2 is 1.79 bits per heavy atom. The van der Waals surface area contributed by atoms with Crippen LogP contribution in [0.15, 0.2) is 54.6 Å². The fraction of sp³-hybridized carbons (Fsp3) is 0.150. The summed E-state index contributed by atoms with van der Waals surface area (Å²) in [4.78, 5) is 34.9. The molecule has 2 rings (SSSR count). The number of nitrogens with one attached hydrogen (secondary N) is 2. The predicted octanol–water partition coefficient (Wildman–Crippen LogP) is 2.48. The third-order valence-corrected chi connectivity index (χ3v) is 3.73. The van der Waals surface area contributed by atoms with Gasteiger partial charge in [-0.15, -0.1) is 0 Å². The van der Waals surface area contributed by atoms with Crippen LogP contribution in [0.25, 0.3) is 0 Å². The number of imide groups is 1. The zero-order valence-electron chi connectivity index (χ0n) is 15.5. The van der Waals surface area contributed by atoms with Crippen LogP contribution < -0.4 is 22.1 Å². The molecule has 0 saturated heterocycles. The smallest absolute Gasteiger partial charge is 0.333 e. The summed E-state index contributed by atoms with van der Waals surface area (Å²) in [6.45, 7) is 5.21. The van der Waals surface area contributed by atoms with Crippen molar-refractivity contribution in [3.8, 4) is 0 Å². The molecule has 0 aliphatic rings. The molecule has 0 atom stereocenters. The lowest BCUT2D eigenvalue weighted by molar-refractivity contribution is -0.138. The molecule has 0 bridgehead atoms. The van der Waals surface area contributed by atoms with Crippen molar-refractivity contribution in [2.45, 2.75) is 13.3 Å². The molecule has 0 fully saturated rings. The van der Waals surface area contributed by atoms with E-state index >= 15 is 0 Å². The van der Waals surface area contributed by atoms with Crippen molar-refractivity contribution in [3.63, 3.8) is 0 Å². The van der Waals surface area contributed by atoms with E-state index in [0.717, 1.165) is 5.56 Å². The first-order chi connectivity index (χ1) is 13.3. The summed E-state index contributed by atoms with van der Waals surface area (Å²) in [5.41, 5.74) is 13.8. The molecule has 8 heteroatoms. The van der Waals surface area contributed by atoms with E-state index in [0.29, 0.717) is 29.1 Å². The molecule has 28 heavy (non-hydrogen) atoms. The van der Waals surface area contributed by atoms with Crippen LogP contribution in [-0.2, 0) is 16.0 Å². The highest BCUT2D eigenvalue weighted by Crippen LogP contribution is 2.23. The molecule has 2 aromatic carbocycles. The Balaban J connectivity index is 2.22. The Morgan fingerprint density at radius 1 is 1.11 bits per heavy atom. The van der Waals surface area contributed by atoms with Gasteiger partial charge >= 0.3 is 12.0 Å². The Hall–Kier alpha value is -3.81. The van der Waals surface area contributed by atoms with Gasteiger partial charge in [0.15, 0.2) is 0 Å². The van der Waals surface area contributed by atoms with Gasteiger partial charge in [0.05, 0.1) is 17.9 Å². The molecular formula is C20H22N4O4. The van der Waals surface area contributed by atoms with Gasteiger partial charge in [-0.05, 0) is 48.9 Å². The number of benzene rings is 2. The molecule has 8 nitrogen and oxygen atoms in total. The largest absolute Gasteiger partial charge is 0.462 e. The molecule has 0 aromatic heterocycles. The summed E-state index contributed by atoms with van der Waals surface area (Å²) in [5, 5.41) is 5.16. The first-order valence-corrected chi connectivity index (χ1v) is 8.45. The number of amides is 3. The van der Waals surface area contributed by atoms with Crippen molar-refractivity contribution in [1.82, 2.24) is 5.32 Å². The second-order valence-electron chi connectivity index (χ2n) is 6.11. The van der Waals surface area contributed by atoms with Gasteiger partial charge in [-0.3, -0.25) is 10.1 Å². The number of hydrogen-bond acceptors (Lipinski definition) is 6. The Labute approximate surface area is 162 Å². The normalized spacial score (nSPS) is 10.0. The van der Waals surface area contributed by atoms with E-state index in [1.807, 2.05) is 0 Å². The number of nitrogen functional groups attached to an aromatic ring is 1. The SMILES string of the molecule is C=C(C)C(=O)OCCc1ccc(Nc2ccc(N)cc2)c(C(=O)NC(N)=O)c1. The number of urea groups is 1. The summed E-state index contributed by atoms with van der Waals surface area (Å²) < 4.78 is 5.07. The average molecular weight is 382 g/mol. The summed E-state index contributed by atoms with van der Waals surface area (Å²) in [6, 6.07) is 11.1. The topological polar surface area (TPSA) is 137 Å². The van der Waals surface area contributed by atoms with Gasteiger partial charge in [-0.25, -0.2) is 9.59 Å². The van der Waals surface area contributed by atoms with Gasteiger partial charge in [-0.1, -0.05) is 12.6 Å². The molecule has 0 saturated carbocycles. The van der Waals surface area contributed by atoms with E-state index in [1.165, 1.54) is 0 Å². The van der Waals surface area contributed by atoms with Crippen LogP contribution in [-0.4, -0.2) is 24.5 Å². The molecule has 0 aliphatic carbocycles. The lowest BCUT2D eigenvalue weighted by Gasteiger charge is -2.14. The molecular weight excluding hydrogens is 360 g/mol. The van der Waals surface area contributed by atoms with Gasteiger partial charge in [0.1, 0.15) is 0 Å². The van der Waals surface area contributed by atoms with Crippen molar-refractivity contribution in [2.24, 2.45) is 5.73 Å². The fourth-order valence-electron chi connectivity index (χ4n) is 2.33. The number of esters is 1. The van der Waals surface area contributed by atoms with Crippen LogP contribution in [0, 0.1) is 0 Å². The number of hydrogen-bond donors (Lipinski definition) is 4. The third kappa shape index (κ3) is 5.87. The van der Waals surface area contributed by atoms with Crippen LogP contribution in [0.1, 0.15) is 22.8 Å². The van der Waals surface area contributed by atoms with Crippen LogP contribution in [0.5, 0.6) is 0 Å². The molecule has 146 valence electrons. The Bertz CT molecular complexity index is 907. The van der Waals surface area contributed by atoms with E-state index in [1.54, 1.807) is 49.4 Å². The zero-order chi connectivity index (χ0) is 20.7. The minimum atomic E-state index is -0.954. The number of nitrogens with two attached hydrogens (primary N) is 2. The number of ether oxygens (including phenoxy) is 1. The lowest BCUT2D eigenvalue weighted by atomic mass is 10.1. The van der Waals surface area contributed by atoms with Gasteiger partial charge in [0.25, 0.3) is 5.91 Å². The lowest BCUT2D eigenvalue weighted by Crippen LogP contribution is -2.35. The first-order valence-electron chi connectivity index (χ1n) is 8.45. The highest BCUT2D eigenvalue weighted by Gasteiger charge is 2.15. The van der Waals surface area contributed by atoms with Crippen molar-refractivity contribution in [3.05, 3.63) is 65.7 Å². The van der Waals surface area contributed by atoms with E-state index in [9.17, 15) is 14.4 Å². The van der Waals surface area contributed by atoms with Crippen molar-refractivity contribution >= 4 is 35.0 Å². The molecule has 0 unspecified atom stereocenters. The van der Waals surface area contributed by atoms with E-state index in [2.05, 4.69) is 17.2 Å². The van der Waals surface area contributed by atoms with Gasteiger partial charge in [0.2, 0.25) is 0 Å². The summed E-state index contributed by atoms with van der Waals surface area (Å²) in [7, 11) is 0. The van der Waals surface area contributed by atoms with Crippen LogP contribution in [0.4, 0.5) is 21.9 Å². The van der Waals surface area contributed by atoms with Crippen LogP contribution in [0.2, 0.25) is 0 Å². The standard InChI is InChI=1S/C20H22N4O4/c1-12(2)19(26)28-10-9-13-3-8-17(16(11-13)18(25)24-20(22)27)23-15-6-4-14(21)5-7-15/h3-8,11,23H,1,9-10,21H2,2H3,(H3,22,24,25,27). The number of carbonyl (C=O) groups excluding carboxylic acids is 3. The number of primary amides is 1. The number of anilines is 3. The highest BCUT2D eigenvalue weighted by atomic mass is 16.5.